The van der Waals surface area contributed by atoms with E-state index in [4.69, 9.17) is 0 Å². The minimum absolute atomic E-state index is 0.134. The van der Waals surface area contributed by atoms with Crippen molar-refractivity contribution in [1.82, 2.24) is 9.80 Å². The second-order valence-corrected chi connectivity index (χ2v) is 7.32. The number of carbonyl (C=O) groups is 1. The first-order valence-electron chi connectivity index (χ1n) is 9.49. The van der Waals surface area contributed by atoms with E-state index in [-0.39, 0.29) is 11.7 Å². The van der Waals surface area contributed by atoms with Crippen LogP contribution >= 0.6 is 0 Å². The Morgan fingerprint density at radius 1 is 1.11 bits per heavy atom. The third kappa shape index (κ3) is 5.36. The predicted molar refractivity (Wildman–Crippen MR) is 103 cm³/mol. The monoisotopic (exact) mass is 372 g/mol. The van der Waals surface area contributed by atoms with Crippen LogP contribution in [0.5, 0.6) is 0 Å². The van der Waals surface area contributed by atoms with Gasteiger partial charge in [-0.2, -0.15) is 0 Å². The lowest BCUT2D eigenvalue weighted by Crippen LogP contribution is -2.40. The van der Waals surface area contributed by atoms with Crippen LogP contribution in [0.25, 0.3) is 0 Å². The highest BCUT2D eigenvalue weighted by molar-refractivity contribution is 5.94. The third-order valence-corrected chi connectivity index (χ3v) is 5.31. The molecule has 1 saturated heterocycles. The van der Waals surface area contributed by atoms with E-state index in [0.717, 1.165) is 44.5 Å². The molecule has 27 heavy (non-hydrogen) atoms. The number of rotatable bonds is 6. The van der Waals surface area contributed by atoms with Crippen LogP contribution in [-0.4, -0.2) is 48.9 Å². The molecular weight excluding hydrogens is 346 g/mol. The molecule has 0 spiro atoms. The lowest BCUT2D eigenvalue weighted by molar-refractivity contribution is 0.0740. The molecule has 1 fully saturated rings. The largest absolute Gasteiger partial charge is 0.341 e. The number of likely N-dealkylation sites (tertiary alicyclic amines) is 1. The van der Waals surface area contributed by atoms with Crippen LogP contribution in [0, 0.1) is 17.6 Å². The van der Waals surface area contributed by atoms with Crippen LogP contribution in [0.4, 0.5) is 8.78 Å². The smallest absolute Gasteiger partial charge is 0.253 e. The first-order chi connectivity index (χ1) is 13.0. The number of benzene rings is 2. The Morgan fingerprint density at radius 3 is 2.56 bits per heavy atom. The Balaban J connectivity index is 1.44. The van der Waals surface area contributed by atoms with Gasteiger partial charge in [0.15, 0.2) is 0 Å². The van der Waals surface area contributed by atoms with Crippen molar-refractivity contribution in [2.75, 3.05) is 33.2 Å². The topological polar surface area (TPSA) is 23.6 Å². The maximum Gasteiger partial charge on any atom is 0.253 e. The van der Waals surface area contributed by atoms with Crippen LogP contribution in [0.3, 0.4) is 0 Å². The predicted octanol–water partition coefficient (Wildman–Crippen LogP) is 3.99. The van der Waals surface area contributed by atoms with Gasteiger partial charge in [-0.05, 0) is 68.1 Å². The SMILES string of the molecule is CN(CC1CCN(CCc2ccccc2F)CC1)C(=O)c1cccc(F)c1. The van der Waals surface area contributed by atoms with E-state index in [9.17, 15) is 13.6 Å². The number of carbonyl (C=O) groups excluding carboxylic acids is 1. The number of halogens is 2. The summed E-state index contributed by atoms with van der Waals surface area (Å²) in [5.41, 5.74) is 1.15. The van der Waals surface area contributed by atoms with E-state index in [2.05, 4.69) is 4.90 Å². The van der Waals surface area contributed by atoms with Gasteiger partial charge in [0, 0.05) is 25.7 Å². The van der Waals surface area contributed by atoms with Crippen LogP contribution in [0.1, 0.15) is 28.8 Å². The maximum absolute atomic E-state index is 13.7. The van der Waals surface area contributed by atoms with Gasteiger partial charge in [0.25, 0.3) is 5.91 Å². The molecular formula is C22H26F2N2O. The van der Waals surface area contributed by atoms with Crippen molar-refractivity contribution in [2.24, 2.45) is 5.92 Å². The Bertz CT molecular complexity index is 772. The molecule has 0 bridgehead atoms. The molecule has 3 nitrogen and oxygen atoms in total. The summed E-state index contributed by atoms with van der Waals surface area (Å²) in [7, 11) is 1.78. The van der Waals surface area contributed by atoms with Crippen molar-refractivity contribution in [3.8, 4) is 0 Å². The van der Waals surface area contributed by atoms with E-state index in [1.54, 1.807) is 30.1 Å². The molecule has 0 radical (unpaired) electrons. The highest BCUT2D eigenvalue weighted by Gasteiger charge is 2.22. The summed E-state index contributed by atoms with van der Waals surface area (Å²) >= 11 is 0. The standard InChI is InChI=1S/C22H26F2N2O/c1-25(22(27)19-6-4-7-20(23)15-19)16-17-9-12-26(13-10-17)14-11-18-5-2-3-8-21(18)24/h2-8,15,17H,9-14,16H2,1H3. The molecule has 1 amide bonds. The van der Waals surface area contributed by atoms with Crippen LogP contribution in [-0.2, 0) is 6.42 Å². The van der Waals surface area contributed by atoms with Crippen molar-refractivity contribution in [3.05, 3.63) is 71.3 Å². The third-order valence-electron chi connectivity index (χ3n) is 5.31. The van der Waals surface area contributed by atoms with Gasteiger partial charge in [-0.1, -0.05) is 24.3 Å². The Morgan fingerprint density at radius 2 is 1.85 bits per heavy atom. The first-order valence-corrected chi connectivity index (χ1v) is 9.49. The van der Waals surface area contributed by atoms with E-state index >= 15 is 0 Å². The zero-order chi connectivity index (χ0) is 19.2. The maximum atomic E-state index is 13.7. The van der Waals surface area contributed by atoms with Gasteiger partial charge in [-0.3, -0.25) is 4.79 Å². The summed E-state index contributed by atoms with van der Waals surface area (Å²) in [6.45, 7) is 3.45. The highest BCUT2D eigenvalue weighted by atomic mass is 19.1. The van der Waals surface area contributed by atoms with Gasteiger partial charge < -0.3 is 9.80 Å². The average molecular weight is 372 g/mol. The van der Waals surface area contributed by atoms with Gasteiger partial charge >= 0.3 is 0 Å². The number of nitrogens with zero attached hydrogens (tertiary/aromatic N) is 2. The summed E-state index contributed by atoms with van der Waals surface area (Å²) in [5.74, 6) is -0.226. The molecule has 144 valence electrons. The molecule has 2 aromatic carbocycles. The molecule has 0 atom stereocenters. The van der Waals surface area contributed by atoms with Crippen molar-refractivity contribution < 1.29 is 13.6 Å². The van der Waals surface area contributed by atoms with Gasteiger partial charge in [-0.15, -0.1) is 0 Å². The molecule has 3 rings (SSSR count). The van der Waals surface area contributed by atoms with Gasteiger partial charge in [0.05, 0.1) is 0 Å². The first kappa shape index (κ1) is 19.5. The summed E-state index contributed by atoms with van der Waals surface area (Å²) in [4.78, 5) is 16.5. The second-order valence-electron chi connectivity index (χ2n) is 7.32. The summed E-state index contributed by atoms with van der Waals surface area (Å²) in [5, 5.41) is 0. The zero-order valence-electron chi connectivity index (χ0n) is 15.7. The Labute approximate surface area is 159 Å². The molecule has 1 heterocycles. The molecule has 1 aliphatic rings. The van der Waals surface area contributed by atoms with Crippen LogP contribution in [0.2, 0.25) is 0 Å². The lowest BCUT2D eigenvalue weighted by Gasteiger charge is -2.34. The lowest BCUT2D eigenvalue weighted by atomic mass is 9.95. The van der Waals surface area contributed by atoms with E-state index < -0.39 is 5.82 Å². The molecule has 0 N–H and O–H groups in total. The zero-order valence-corrected chi connectivity index (χ0v) is 15.7. The molecule has 0 aliphatic carbocycles. The van der Waals surface area contributed by atoms with Crippen molar-refractivity contribution in [3.63, 3.8) is 0 Å². The van der Waals surface area contributed by atoms with Crippen molar-refractivity contribution >= 4 is 5.91 Å². The molecule has 0 aromatic heterocycles. The van der Waals surface area contributed by atoms with Crippen LogP contribution in [0.15, 0.2) is 48.5 Å². The molecule has 0 saturated carbocycles. The number of hydrogen-bond acceptors (Lipinski definition) is 2. The fourth-order valence-corrected chi connectivity index (χ4v) is 3.68. The quantitative estimate of drug-likeness (QED) is 0.765. The summed E-state index contributed by atoms with van der Waals surface area (Å²) in [6.07, 6.45) is 2.74. The molecule has 0 unspecified atom stereocenters. The van der Waals surface area contributed by atoms with Crippen molar-refractivity contribution in [1.29, 1.82) is 0 Å². The Hall–Kier alpha value is -2.27. The van der Waals surface area contributed by atoms with Gasteiger partial charge in [-0.25, -0.2) is 8.78 Å². The number of amides is 1. The molecule has 5 heteroatoms. The molecule has 1 aliphatic heterocycles. The fourth-order valence-electron chi connectivity index (χ4n) is 3.68. The van der Waals surface area contributed by atoms with E-state index in [1.807, 2.05) is 12.1 Å². The summed E-state index contributed by atoms with van der Waals surface area (Å²) < 4.78 is 27.0. The normalized spacial score (nSPS) is 15.7. The van der Waals surface area contributed by atoms with Gasteiger partial charge in [0.2, 0.25) is 0 Å². The van der Waals surface area contributed by atoms with Gasteiger partial charge in [0.1, 0.15) is 11.6 Å². The van der Waals surface area contributed by atoms with Crippen molar-refractivity contribution in [2.45, 2.75) is 19.3 Å². The average Bonchev–Trinajstić information content (AvgIpc) is 2.68. The Kier molecular flexibility index (Phi) is 6.56. The number of piperidine rings is 1. The van der Waals surface area contributed by atoms with Crippen LogP contribution < -0.4 is 0 Å². The van der Waals surface area contributed by atoms with E-state index in [1.165, 1.54) is 18.2 Å². The summed E-state index contributed by atoms with van der Waals surface area (Å²) in [6, 6.07) is 12.8. The minimum atomic E-state index is -0.391. The highest BCUT2D eigenvalue weighted by Crippen LogP contribution is 2.20. The fraction of sp³-hybridized carbons (Fsp3) is 0.409. The second kappa shape index (κ2) is 9.09. The van der Waals surface area contributed by atoms with E-state index in [0.29, 0.717) is 18.0 Å². The molecule has 2 aromatic rings. The minimum Gasteiger partial charge on any atom is -0.341 e. The number of hydrogen-bond donors (Lipinski definition) is 0.